The SMILES string of the molecule is CCOC(=O)C1=C(c2ccccc2)NC(SCC(=O)Nc2cccc(C)c2)=N[C@@H]1c1ccccc1. The van der Waals surface area contributed by atoms with Gasteiger partial charge < -0.3 is 15.4 Å². The van der Waals surface area contributed by atoms with Crippen molar-refractivity contribution in [3.8, 4) is 0 Å². The van der Waals surface area contributed by atoms with Gasteiger partial charge in [-0.15, -0.1) is 0 Å². The number of esters is 1. The van der Waals surface area contributed by atoms with Crippen molar-refractivity contribution in [2.75, 3.05) is 17.7 Å². The minimum atomic E-state index is -0.561. The summed E-state index contributed by atoms with van der Waals surface area (Å²) in [5, 5.41) is 6.78. The molecule has 178 valence electrons. The highest BCUT2D eigenvalue weighted by Gasteiger charge is 2.32. The zero-order valence-electron chi connectivity index (χ0n) is 19.7. The Morgan fingerprint density at radius 2 is 1.71 bits per heavy atom. The number of carbonyl (C=O) groups is 2. The molecule has 0 saturated carbocycles. The molecule has 3 aromatic rings. The van der Waals surface area contributed by atoms with E-state index in [0.717, 1.165) is 22.4 Å². The van der Waals surface area contributed by atoms with Gasteiger partial charge >= 0.3 is 5.97 Å². The molecule has 0 bridgehead atoms. The average molecular weight is 486 g/mol. The molecule has 1 heterocycles. The summed E-state index contributed by atoms with van der Waals surface area (Å²) >= 11 is 1.29. The lowest BCUT2D eigenvalue weighted by Crippen LogP contribution is -2.31. The van der Waals surface area contributed by atoms with Crippen molar-refractivity contribution < 1.29 is 14.3 Å². The highest BCUT2D eigenvalue weighted by molar-refractivity contribution is 8.14. The Bertz CT molecular complexity index is 1260. The summed E-state index contributed by atoms with van der Waals surface area (Å²) in [7, 11) is 0. The van der Waals surface area contributed by atoms with Crippen LogP contribution in [0.3, 0.4) is 0 Å². The standard InChI is InChI=1S/C28H27N3O3S/c1-3-34-27(33)24-25(20-12-6-4-7-13-20)30-28(31-26(24)21-14-8-5-9-15-21)35-18-23(32)29-22-16-10-11-19(2)17-22/h4-17,25H,3,18H2,1-2H3,(H,29,32)(H,30,31)/t25-/m1/s1. The third-order valence-electron chi connectivity index (χ3n) is 5.34. The number of nitrogens with zero attached hydrogens (tertiary/aromatic N) is 1. The number of aliphatic imine (C=N–C) groups is 1. The molecule has 4 rings (SSSR count). The molecule has 0 fully saturated rings. The van der Waals surface area contributed by atoms with E-state index in [-0.39, 0.29) is 18.3 Å². The van der Waals surface area contributed by atoms with Gasteiger partial charge in [0.25, 0.3) is 0 Å². The van der Waals surface area contributed by atoms with Gasteiger partial charge in [0.15, 0.2) is 5.17 Å². The second-order valence-corrected chi connectivity index (χ2v) is 8.92. The van der Waals surface area contributed by atoms with E-state index in [0.29, 0.717) is 16.4 Å². The number of carbonyl (C=O) groups excluding carboxylic acids is 2. The Morgan fingerprint density at radius 1 is 1.00 bits per heavy atom. The lowest BCUT2D eigenvalue weighted by atomic mass is 9.94. The number of amidine groups is 1. The van der Waals surface area contributed by atoms with Gasteiger partial charge in [0.05, 0.1) is 23.6 Å². The number of amides is 1. The molecule has 0 unspecified atom stereocenters. The summed E-state index contributed by atoms with van der Waals surface area (Å²) in [5.74, 6) is -0.390. The van der Waals surface area contributed by atoms with Gasteiger partial charge in [0.2, 0.25) is 5.91 Å². The van der Waals surface area contributed by atoms with Crippen molar-refractivity contribution in [1.82, 2.24) is 5.32 Å². The number of rotatable bonds is 7. The fourth-order valence-electron chi connectivity index (χ4n) is 3.78. The minimum absolute atomic E-state index is 0.136. The van der Waals surface area contributed by atoms with E-state index in [4.69, 9.17) is 9.73 Å². The second-order valence-electron chi connectivity index (χ2n) is 7.95. The van der Waals surface area contributed by atoms with Crippen LogP contribution in [-0.2, 0) is 14.3 Å². The third-order valence-corrected chi connectivity index (χ3v) is 6.22. The zero-order chi connectivity index (χ0) is 24.6. The number of hydrogen-bond donors (Lipinski definition) is 2. The molecule has 0 radical (unpaired) electrons. The van der Waals surface area contributed by atoms with E-state index in [1.54, 1.807) is 6.92 Å². The van der Waals surface area contributed by atoms with Gasteiger partial charge in [-0.2, -0.15) is 0 Å². The summed E-state index contributed by atoms with van der Waals surface area (Å²) in [5.41, 5.74) is 4.61. The van der Waals surface area contributed by atoms with Crippen LogP contribution >= 0.6 is 11.8 Å². The molecule has 0 saturated heterocycles. The largest absolute Gasteiger partial charge is 0.463 e. The van der Waals surface area contributed by atoms with E-state index in [2.05, 4.69) is 10.6 Å². The number of hydrogen-bond acceptors (Lipinski definition) is 6. The Balaban J connectivity index is 1.63. The quantitative estimate of drug-likeness (QED) is 0.442. The van der Waals surface area contributed by atoms with Crippen LogP contribution in [0.5, 0.6) is 0 Å². The monoisotopic (exact) mass is 485 g/mol. The Labute approximate surface area is 209 Å². The Hall–Kier alpha value is -3.84. The molecule has 35 heavy (non-hydrogen) atoms. The summed E-state index contributed by atoms with van der Waals surface area (Å²) < 4.78 is 5.42. The lowest BCUT2D eigenvalue weighted by molar-refractivity contribution is -0.138. The van der Waals surface area contributed by atoms with Gasteiger partial charge in [-0.05, 0) is 42.7 Å². The summed E-state index contributed by atoms with van der Waals surface area (Å²) in [4.78, 5) is 30.6. The number of thioether (sulfide) groups is 1. The average Bonchev–Trinajstić information content (AvgIpc) is 2.88. The van der Waals surface area contributed by atoms with Crippen LogP contribution in [0.1, 0.15) is 29.7 Å². The predicted octanol–water partition coefficient (Wildman–Crippen LogP) is 5.34. The Kier molecular flexibility index (Phi) is 8.00. The normalized spacial score (nSPS) is 15.1. The molecule has 1 aliphatic rings. The van der Waals surface area contributed by atoms with Gasteiger partial charge in [-0.1, -0.05) is 84.6 Å². The van der Waals surface area contributed by atoms with E-state index in [9.17, 15) is 9.59 Å². The number of aryl methyl sites for hydroxylation is 1. The van der Waals surface area contributed by atoms with Crippen LogP contribution in [0.25, 0.3) is 5.70 Å². The van der Waals surface area contributed by atoms with Crippen molar-refractivity contribution in [2.24, 2.45) is 4.99 Å². The fraction of sp³-hybridized carbons (Fsp3) is 0.179. The van der Waals surface area contributed by atoms with Gasteiger partial charge in [-0.3, -0.25) is 4.79 Å². The molecule has 0 aliphatic carbocycles. The van der Waals surface area contributed by atoms with Crippen LogP contribution in [0.4, 0.5) is 5.69 Å². The van der Waals surface area contributed by atoms with Gasteiger partial charge in [0.1, 0.15) is 6.04 Å². The highest BCUT2D eigenvalue weighted by Crippen LogP contribution is 2.36. The molecule has 1 atom stereocenters. The summed E-state index contributed by atoms with van der Waals surface area (Å²) in [6, 6.07) is 26.4. The first-order chi connectivity index (χ1) is 17.0. The number of benzene rings is 3. The minimum Gasteiger partial charge on any atom is -0.463 e. The molecule has 7 heteroatoms. The van der Waals surface area contributed by atoms with E-state index < -0.39 is 12.0 Å². The zero-order valence-corrected chi connectivity index (χ0v) is 20.5. The maximum atomic E-state index is 13.1. The molecule has 1 amide bonds. The van der Waals surface area contributed by atoms with Crippen molar-refractivity contribution >= 4 is 40.2 Å². The third kappa shape index (κ3) is 6.19. The summed E-state index contributed by atoms with van der Waals surface area (Å²) in [6.45, 7) is 4.02. The highest BCUT2D eigenvalue weighted by atomic mass is 32.2. The predicted molar refractivity (Wildman–Crippen MR) is 142 cm³/mol. The topological polar surface area (TPSA) is 79.8 Å². The van der Waals surface area contributed by atoms with Crippen LogP contribution < -0.4 is 10.6 Å². The van der Waals surface area contributed by atoms with Crippen LogP contribution in [0, 0.1) is 6.92 Å². The van der Waals surface area contributed by atoms with Gasteiger partial charge in [-0.25, -0.2) is 9.79 Å². The van der Waals surface area contributed by atoms with E-state index in [1.165, 1.54) is 11.8 Å². The van der Waals surface area contributed by atoms with Crippen LogP contribution in [0.15, 0.2) is 95.5 Å². The van der Waals surface area contributed by atoms with E-state index in [1.807, 2.05) is 91.9 Å². The number of nitrogens with one attached hydrogen (secondary N) is 2. The first kappa shape index (κ1) is 24.3. The second kappa shape index (κ2) is 11.5. The van der Waals surface area contributed by atoms with Crippen molar-refractivity contribution in [1.29, 1.82) is 0 Å². The molecule has 1 aliphatic heterocycles. The fourth-order valence-corrected chi connectivity index (χ4v) is 4.48. The van der Waals surface area contributed by atoms with Crippen molar-refractivity contribution in [3.05, 3.63) is 107 Å². The summed E-state index contributed by atoms with van der Waals surface area (Å²) in [6.07, 6.45) is 0. The molecule has 6 nitrogen and oxygen atoms in total. The first-order valence-corrected chi connectivity index (χ1v) is 12.4. The Morgan fingerprint density at radius 3 is 2.40 bits per heavy atom. The number of ether oxygens (including phenoxy) is 1. The lowest BCUT2D eigenvalue weighted by Gasteiger charge is -2.27. The van der Waals surface area contributed by atoms with Crippen molar-refractivity contribution in [3.63, 3.8) is 0 Å². The molecular formula is C28H27N3O3S. The molecule has 0 spiro atoms. The first-order valence-electron chi connectivity index (χ1n) is 11.4. The molecule has 3 aromatic carbocycles. The van der Waals surface area contributed by atoms with Gasteiger partial charge in [0, 0.05) is 5.69 Å². The molecular weight excluding hydrogens is 458 g/mol. The van der Waals surface area contributed by atoms with Crippen LogP contribution in [-0.4, -0.2) is 29.4 Å². The van der Waals surface area contributed by atoms with Crippen LogP contribution in [0.2, 0.25) is 0 Å². The van der Waals surface area contributed by atoms with Crippen molar-refractivity contribution in [2.45, 2.75) is 19.9 Å². The molecule has 2 N–H and O–H groups in total. The van der Waals surface area contributed by atoms with E-state index >= 15 is 0 Å². The molecule has 0 aromatic heterocycles. The smallest absolute Gasteiger partial charge is 0.338 e. The maximum absolute atomic E-state index is 13.1. The number of anilines is 1. The maximum Gasteiger partial charge on any atom is 0.338 e.